The van der Waals surface area contributed by atoms with Crippen molar-refractivity contribution in [3.8, 4) is 5.75 Å². The Kier molecular flexibility index (Phi) is 8.15. The predicted octanol–water partition coefficient (Wildman–Crippen LogP) is 2.42. The largest absolute Gasteiger partial charge is 0.493 e. The minimum atomic E-state index is -1.85. The summed E-state index contributed by atoms with van der Waals surface area (Å²) in [5.41, 5.74) is -0.280. The summed E-state index contributed by atoms with van der Waals surface area (Å²) >= 11 is 6.10. The lowest BCUT2D eigenvalue weighted by Gasteiger charge is -2.30. The monoisotopic (exact) mass is 463 g/mol. The summed E-state index contributed by atoms with van der Waals surface area (Å²) in [7, 11) is 1.98. The molecule has 1 aromatic carbocycles. The summed E-state index contributed by atoms with van der Waals surface area (Å²) in [5.74, 6) is -8.42. The molecule has 2 rings (SSSR count). The van der Waals surface area contributed by atoms with Gasteiger partial charge in [0.05, 0.1) is 50.5 Å². The van der Waals surface area contributed by atoms with Crippen LogP contribution in [0.4, 0.5) is 4.39 Å². The maximum Gasteiger partial charge on any atom is 0.320 e. The molecule has 0 unspecified atom stereocenters. The number of benzene rings is 1. The second-order valence-electron chi connectivity index (χ2n) is 6.68. The molecule has 1 aliphatic heterocycles. The quantitative estimate of drug-likeness (QED) is 0.235. The molecule has 0 aliphatic carbocycles. The Labute approximate surface area is 182 Å². The van der Waals surface area contributed by atoms with E-state index in [1.54, 1.807) is 13.8 Å². The molecule has 1 aliphatic rings. The van der Waals surface area contributed by atoms with E-state index in [0.717, 1.165) is 14.2 Å². The zero-order valence-corrected chi connectivity index (χ0v) is 18.2. The highest BCUT2D eigenvalue weighted by Gasteiger charge is 2.46. The number of rotatable bonds is 9. The van der Waals surface area contributed by atoms with Gasteiger partial charge in [-0.05, 0) is 19.9 Å². The van der Waals surface area contributed by atoms with Crippen LogP contribution in [0.25, 0.3) is 0 Å². The van der Waals surface area contributed by atoms with Gasteiger partial charge in [-0.2, -0.15) is 0 Å². The van der Waals surface area contributed by atoms with Crippen LogP contribution in [0, 0.1) is 21.8 Å². The van der Waals surface area contributed by atoms with E-state index in [4.69, 9.17) is 25.8 Å². The first kappa shape index (κ1) is 24.8. The number of esters is 2. The Bertz CT molecular complexity index is 841. The molecule has 0 radical (unpaired) electrons. The Morgan fingerprint density at radius 1 is 1.29 bits per heavy atom. The fraction of sp³-hybridized carbons (Fsp3) is 0.579. The predicted molar refractivity (Wildman–Crippen MR) is 104 cm³/mol. The van der Waals surface area contributed by atoms with E-state index in [9.17, 15) is 19.7 Å². The smallest absolute Gasteiger partial charge is 0.320 e. The van der Waals surface area contributed by atoms with Crippen molar-refractivity contribution in [1.82, 2.24) is 0 Å². The van der Waals surface area contributed by atoms with Gasteiger partial charge in [-0.25, -0.2) is 4.39 Å². The van der Waals surface area contributed by atoms with Crippen LogP contribution < -0.4 is 4.74 Å². The summed E-state index contributed by atoms with van der Waals surface area (Å²) in [6.45, 7) is 2.65. The summed E-state index contributed by atoms with van der Waals surface area (Å²) < 4.78 is 41.5. The van der Waals surface area contributed by atoms with Gasteiger partial charge in [0.25, 0.3) is 0 Å². The third-order valence-electron chi connectivity index (χ3n) is 4.85. The van der Waals surface area contributed by atoms with E-state index in [-0.39, 0.29) is 31.1 Å². The Morgan fingerprint density at radius 2 is 1.84 bits per heavy atom. The number of nitro groups is 1. The van der Waals surface area contributed by atoms with E-state index in [2.05, 4.69) is 9.47 Å². The second kappa shape index (κ2) is 10.2. The second-order valence-corrected chi connectivity index (χ2v) is 7.09. The number of carbonyl (C=O) groups is 2. The molecule has 1 fully saturated rings. The van der Waals surface area contributed by atoms with Gasteiger partial charge in [0.2, 0.25) is 6.54 Å². The van der Waals surface area contributed by atoms with Gasteiger partial charge >= 0.3 is 11.9 Å². The van der Waals surface area contributed by atoms with Gasteiger partial charge < -0.3 is 23.7 Å². The number of ether oxygens (including phenoxy) is 5. The molecule has 1 saturated heterocycles. The van der Waals surface area contributed by atoms with Crippen molar-refractivity contribution >= 4 is 23.5 Å². The van der Waals surface area contributed by atoms with Gasteiger partial charge in [0, 0.05) is 10.5 Å². The zero-order valence-electron chi connectivity index (χ0n) is 17.4. The number of hydrogen-bond donors (Lipinski definition) is 0. The number of halogens is 2. The average molecular weight is 464 g/mol. The molecule has 12 heteroatoms. The standard InChI is InChI=1S/C19H23ClFNO9/c1-5-29-16-11(19(2)30-6-7-31-19)8-12(20)15(21)13(16)10(9-22(25)26)14(17(23)27-3)18(24)28-4/h8,10,14H,5-7,9H2,1-4H3/t10-/m0/s1. The fourth-order valence-corrected chi connectivity index (χ4v) is 3.68. The maximum absolute atomic E-state index is 15.4. The van der Waals surface area contributed by atoms with Crippen LogP contribution in [0.15, 0.2) is 6.07 Å². The molecule has 0 saturated carbocycles. The van der Waals surface area contributed by atoms with E-state index < -0.39 is 57.4 Å². The molecule has 0 amide bonds. The van der Waals surface area contributed by atoms with Gasteiger partial charge in [-0.3, -0.25) is 19.7 Å². The van der Waals surface area contributed by atoms with Crippen LogP contribution in [0.1, 0.15) is 30.9 Å². The first-order chi connectivity index (χ1) is 14.6. The first-order valence-electron chi connectivity index (χ1n) is 9.31. The third-order valence-corrected chi connectivity index (χ3v) is 5.13. The minimum Gasteiger partial charge on any atom is -0.493 e. The van der Waals surface area contributed by atoms with Crippen molar-refractivity contribution in [3.05, 3.63) is 38.1 Å². The van der Waals surface area contributed by atoms with Gasteiger partial charge in [0.15, 0.2) is 11.7 Å². The minimum absolute atomic E-state index is 0.0312. The van der Waals surface area contributed by atoms with E-state index in [0.29, 0.717) is 0 Å². The molecule has 1 heterocycles. The molecular formula is C19H23ClFNO9. The van der Waals surface area contributed by atoms with E-state index in [1.807, 2.05) is 0 Å². The van der Waals surface area contributed by atoms with Crippen molar-refractivity contribution < 1.29 is 42.6 Å². The van der Waals surface area contributed by atoms with Crippen LogP contribution >= 0.6 is 11.6 Å². The first-order valence-corrected chi connectivity index (χ1v) is 9.69. The van der Waals surface area contributed by atoms with Crippen molar-refractivity contribution in [2.75, 3.05) is 40.6 Å². The number of carbonyl (C=O) groups excluding carboxylic acids is 2. The number of nitrogens with zero attached hydrogens (tertiary/aromatic N) is 1. The van der Waals surface area contributed by atoms with Crippen LogP contribution in [-0.2, 0) is 34.3 Å². The molecule has 172 valence electrons. The Hall–Kier alpha value is -2.50. The number of hydrogen-bond acceptors (Lipinski definition) is 9. The van der Waals surface area contributed by atoms with Crippen LogP contribution in [0.5, 0.6) is 5.75 Å². The lowest BCUT2D eigenvalue weighted by Crippen LogP contribution is -2.36. The lowest BCUT2D eigenvalue weighted by molar-refractivity contribution is -0.484. The number of methoxy groups -OCH3 is 2. The molecule has 0 aromatic heterocycles. The molecule has 0 N–H and O–H groups in total. The summed E-state index contributed by atoms with van der Waals surface area (Å²) in [4.78, 5) is 35.4. The third kappa shape index (κ3) is 5.05. The van der Waals surface area contributed by atoms with Crippen molar-refractivity contribution in [2.45, 2.75) is 25.6 Å². The van der Waals surface area contributed by atoms with Crippen LogP contribution in [0.2, 0.25) is 5.02 Å². The average Bonchev–Trinajstić information content (AvgIpc) is 3.17. The van der Waals surface area contributed by atoms with Gasteiger partial charge in [-0.15, -0.1) is 0 Å². The molecule has 0 spiro atoms. The highest BCUT2D eigenvalue weighted by atomic mass is 35.5. The van der Waals surface area contributed by atoms with Crippen LogP contribution in [0.3, 0.4) is 0 Å². The molecule has 1 aromatic rings. The van der Waals surface area contributed by atoms with Crippen molar-refractivity contribution in [1.29, 1.82) is 0 Å². The Balaban J connectivity index is 2.85. The van der Waals surface area contributed by atoms with Gasteiger partial charge in [-0.1, -0.05) is 11.6 Å². The molecule has 1 atom stereocenters. The van der Waals surface area contributed by atoms with E-state index in [1.165, 1.54) is 6.07 Å². The molecule has 10 nitrogen and oxygen atoms in total. The van der Waals surface area contributed by atoms with Crippen LogP contribution in [-0.4, -0.2) is 57.4 Å². The van der Waals surface area contributed by atoms with Crippen molar-refractivity contribution in [3.63, 3.8) is 0 Å². The van der Waals surface area contributed by atoms with Gasteiger partial charge in [0.1, 0.15) is 11.6 Å². The SMILES string of the molecule is CCOc1c(C2(C)OCCO2)cc(Cl)c(F)c1[C@H](C[N+](=O)[O-])C(C(=O)OC)C(=O)OC. The topological polar surface area (TPSA) is 123 Å². The normalized spacial score (nSPS) is 16.1. The molecule has 0 bridgehead atoms. The summed E-state index contributed by atoms with van der Waals surface area (Å²) in [6.07, 6.45) is 0. The molecular weight excluding hydrogens is 441 g/mol. The lowest BCUT2D eigenvalue weighted by atomic mass is 9.83. The summed E-state index contributed by atoms with van der Waals surface area (Å²) in [5, 5.41) is 11.0. The highest BCUT2D eigenvalue weighted by molar-refractivity contribution is 6.31. The van der Waals surface area contributed by atoms with Crippen molar-refractivity contribution in [2.24, 2.45) is 5.92 Å². The highest BCUT2D eigenvalue weighted by Crippen LogP contribution is 2.46. The maximum atomic E-state index is 15.4. The molecule has 31 heavy (non-hydrogen) atoms. The summed E-state index contributed by atoms with van der Waals surface area (Å²) in [6, 6.07) is 1.23. The zero-order chi connectivity index (χ0) is 23.3. The fourth-order valence-electron chi connectivity index (χ4n) is 3.47. The Morgan fingerprint density at radius 3 is 2.29 bits per heavy atom. The van der Waals surface area contributed by atoms with E-state index >= 15 is 4.39 Å².